The van der Waals surface area contributed by atoms with E-state index in [2.05, 4.69) is 5.32 Å². The lowest BCUT2D eigenvalue weighted by molar-refractivity contribution is -0.135. The Balaban J connectivity index is 1.68. The Kier molecular flexibility index (Phi) is 5.51. The molecule has 0 unspecified atom stereocenters. The minimum atomic E-state index is -0.685. The number of fused-ring (bicyclic) bond motifs is 1. The molecule has 2 aromatic carbocycles. The first-order valence-electron chi connectivity index (χ1n) is 8.69. The number of carbonyl (C=O) groups excluding carboxylic acids is 2. The van der Waals surface area contributed by atoms with Crippen molar-refractivity contribution in [2.75, 3.05) is 11.9 Å². The van der Waals surface area contributed by atoms with Crippen molar-refractivity contribution in [3.8, 4) is 0 Å². The van der Waals surface area contributed by atoms with E-state index >= 15 is 0 Å². The number of hydrogen-bond acceptors (Lipinski definition) is 3. The van der Waals surface area contributed by atoms with Gasteiger partial charge in [-0.25, -0.2) is 8.78 Å². The highest BCUT2D eigenvalue weighted by molar-refractivity contribution is 5.96. The SMILES string of the molecule is Cc1cc(F)c(C[C@@H](N)CC(=O)N2CC(=O)Nc3ccccc3C2)cc1F. The highest BCUT2D eigenvalue weighted by Gasteiger charge is 2.24. The molecule has 0 saturated heterocycles. The predicted molar refractivity (Wildman–Crippen MR) is 97.9 cm³/mol. The molecule has 0 saturated carbocycles. The van der Waals surface area contributed by atoms with Crippen molar-refractivity contribution in [3.63, 3.8) is 0 Å². The lowest BCUT2D eigenvalue weighted by Crippen LogP contribution is -2.39. The molecule has 1 atom stereocenters. The van der Waals surface area contributed by atoms with Crippen LogP contribution in [0.3, 0.4) is 0 Å². The number of amides is 2. The molecule has 0 aliphatic carbocycles. The monoisotopic (exact) mass is 373 g/mol. The molecule has 2 amide bonds. The molecule has 0 fully saturated rings. The summed E-state index contributed by atoms with van der Waals surface area (Å²) in [5.74, 6) is -1.64. The summed E-state index contributed by atoms with van der Waals surface area (Å²) in [6, 6.07) is 8.81. The molecule has 1 heterocycles. The maximum Gasteiger partial charge on any atom is 0.244 e. The van der Waals surface area contributed by atoms with Gasteiger partial charge >= 0.3 is 0 Å². The normalized spacial score (nSPS) is 15.0. The standard InChI is InChI=1S/C20H21F2N3O2/c1-12-6-17(22)14(8-16(12)21)7-15(23)9-20(27)25-10-13-4-2-3-5-18(13)24-19(26)11-25/h2-6,8,15H,7,9-11,23H2,1H3,(H,24,26)/t15-/m1/s1. The van der Waals surface area contributed by atoms with Crippen LogP contribution in [0.2, 0.25) is 0 Å². The molecule has 1 aliphatic heterocycles. The number of para-hydroxylation sites is 1. The van der Waals surface area contributed by atoms with Gasteiger partial charge in [0, 0.05) is 24.7 Å². The zero-order chi connectivity index (χ0) is 19.6. The molecule has 5 nitrogen and oxygen atoms in total. The molecule has 0 radical (unpaired) electrons. The number of nitrogens with two attached hydrogens (primary N) is 1. The minimum Gasteiger partial charge on any atom is -0.329 e. The van der Waals surface area contributed by atoms with Gasteiger partial charge in [0.2, 0.25) is 11.8 Å². The molecule has 142 valence electrons. The van der Waals surface area contributed by atoms with Crippen LogP contribution in [0.5, 0.6) is 0 Å². The van der Waals surface area contributed by atoms with Crippen molar-refractivity contribution >= 4 is 17.5 Å². The number of nitrogens with zero attached hydrogens (tertiary/aromatic N) is 1. The van der Waals surface area contributed by atoms with Gasteiger partial charge in [0.05, 0.1) is 0 Å². The van der Waals surface area contributed by atoms with Gasteiger partial charge in [0.15, 0.2) is 0 Å². The summed E-state index contributed by atoms with van der Waals surface area (Å²) in [7, 11) is 0. The van der Waals surface area contributed by atoms with Crippen LogP contribution in [0.1, 0.15) is 23.1 Å². The van der Waals surface area contributed by atoms with Crippen LogP contribution >= 0.6 is 0 Å². The Hall–Kier alpha value is -2.80. The van der Waals surface area contributed by atoms with Crippen molar-refractivity contribution in [2.24, 2.45) is 5.73 Å². The third-order valence-electron chi connectivity index (χ3n) is 4.59. The largest absolute Gasteiger partial charge is 0.329 e. The Morgan fingerprint density at radius 2 is 1.96 bits per heavy atom. The number of benzene rings is 2. The summed E-state index contributed by atoms with van der Waals surface area (Å²) in [5, 5.41) is 2.76. The van der Waals surface area contributed by atoms with Crippen molar-refractivity contribution in [3.05, 3.63) is 64.7 Å². The molecule has 3 rings (SSSR count). The van der Waals surface area contributed by atoms with Gasteiger partial charge in [-0.15, -0.1) is 0 Å². The van der Waals surface area contributed by atoms with Crippen LogP contribution in [0, 0.1) is 18.6 Å². The second-order valence-electron chi connectivity index (χ2n) is 6.82. The molecule has 0 bridgehead atoms. The van der Waals surface area contributed by atoms with E-state index in [9.17, 15) is 18.4 Å². The van der Waals surface area contributed by atoms with Crippen LogP contribution in [0.4, 0.5) is 14.5 Å². The van der Waals surface area contributed by atoms with Crippen molar-refractivity contribution in [2.45, 2.75) is 32.4 Å². The summed E-state index contributed by atoms with van der Waals surface area (Å²) in [4.78, 5) is 26.1. The Morgan fingerprint density at radius 1 is 1.22 bits per heavy atom. The number of halogens is 2. The molecule has 0 aromatic heterocycles. The first kappa shape index (κ1) is 19.0. The van der Waals surface area contributed by atoms with Gasteiger partial charge < -0.3 is 16.0 Å². The van der Waals surface area contributed by atoms with Gasteiger partial charge in [-0.3, -0.25) is 9.59 Å². The first-order valence-corrected chi connectivity index (χ1v) is 8.69. The van der Waals surface area contributed by atoms with Gasteiger partial charge in [-0.05, 0) is 48.2 Å². The van der Waals surface area contributed by atoms with Crippen LogP contribution in [-0.4, -0.2) is 29.3 Å². The van der Waals surface area contributed by atoms with E-state index < -0.39 is 17.7 Å². The van der Waals surface area contributed by atoms with Gasteiger partial charge in [-0.1, -0.05) is 18.2 Å². The lowest BCUT2D eigenvalue weighted by atomic mass is 10.0. The highest BCUT2D eigenvalue weighted by Crippen LogP contribution is 2.21. The minimum absolute atomic E-state index is 0.0331. The van der Waals surface area contributed by atoms with E-state index in [1.807, 2.05) is 18.2 Å². The number of hydrogen-bond donors (Lipinski definition) is 2. The van der Waals surface area contributed by atoms with E-state index in [4.69, 9.17) is 5.73 Å². The topological polar surface area (TPSA) is 75.4 Å². The number of rotatable bonds is 4. The second kappa shape index (κ2) is 7.84. The summed E-state index contributed by atoms with van der Waals surface area (Å²) in [5.41, 5.74) is 7.87. The molecule has 3 N–H and O–H groups in total. The average Bonchev–Trinajstić information content (AvgIpc) is 2.77. The Bertz CT molecular complexity index is 886. The molecular weight excluding hydrogens is 352 g/mol. The molecule has 7 heteroatoms. The summed E-state index contributed by atoms with van der Waals surface area (Å²) in [6.07, 6.45) is -0.0320. The number of carbonyl (C=O) groups is 2. The Morgan fingerprint density at radius 3 is 2.74 bits per heavy atom. The number of nitrogens with one attached hydrogen (secondary N) is 1. The molecule has 2 aromatic rings. The fraction of sp³-hybridized carbons (Fsp3) is 0.300. The summed E-state index contributed by atoms with van der Waals surface area (Å²) in [6.45, 7) is 1.69. The van der Waals surface area contributed by atoms with Crippen LogP contribution in [0.15, 0.2) is 36.4 Å². The van der Waals surface area contributed by atoms with Crippen LogP contribution < -0.4 is 11.1 Å². The number of aryl methyl sites for hydroxylation is 1. The molecule has 27 heavy (non-hydrogen) atoms. The zero-order valence-corrected chi connectivity index (χ0v) is 15.0. The van der Waals surface area contributed by atoms with E-state index in [0.717, 1.165) is 17.7 Å². The second-order valence-corrected chi connectivity index (χ2v) is 6.82. The van der Waals surface area contributed by atoms with Gasteiger partial charge in [0.1, 0.15) is 18.2 Å². The maximum absolute atomic E-state index is 14.0. The predicted octanol–water partition coefficient (Wildman–Crippen LogP) is 2.51. The van der Waals surface area contributed by atoms with E-state index in [1.54, 1.807) is 6.07 Å². The van der Waals surface area contributed by atoms with Crippen molar-refractivity contribution in [1.82, 2.24) is 4.90 Å². The smallest absolute Gasteiger partial charge is 0.244 e. The van der Waals surface area contributed by atoms with E-state index in [0.29, 0.717) is 5.69 Å². The average molecular weight is 373 g/mol. The van der Waals surface area contributed by atoms with E-state index in [1.165, 1.54) is 11.8 Å². The number of anilines is 1. The van der Waals surface area contributed by atoms with Gasteiger partial charge in [0.25, 0.3) is 0 Å². The lowest BCUT2D eigenvalue weighted by Gasteiger charge is -2.22. The molecule has 1 aliphatic rings. The van der Waals surface area contributed by atoms with Gasteiger partial charge in [-0.2, -0.15) is 0 Å². The third kappa shape index (κ3) is 4.49. The summed E-state index contributed by atoms with van der Waals surface area (Å²) >= 11 is 0. The van der Waals surface area contributed by atoms with Crippen LogP contribution in [-0.2, 0) is 22.6 Å². The van der Waals surface area contributed by atoms with Crippen molar-refractivity contribution < 1.29 is 18.4 Å². The van der Waals surface area contributed by atoms with E-state index in [-0.39, 0.29) is 48.9 Å². The fourth-order valence-electron chi connectivity index (χ4n) is 3.13. The zero-order valence-electron chi connectivity index (χ0n) is 15.0. The maximum atomic E-state index is 14.0. The third-order valence-corrected chi connectivity index (χ3v) is 4.59. The summed E-state index contributed by atoms with van der Waals surface area (Å²) < 4.78 is 27.6. The first-order chi connectivity index (χ1) is 12.8. The highest BCUT2D eigenvalue weighted by atomic mass is 19.1. The molecular formula is C20H21F2N3O2. The Labute approximate surface area is 156 Å². The van der Waals surface area contributed by atoms with Crippen LogP contribution in [0.25, 0.3) is 0 Å². The van der Waals surface area contributed by atoms with Crippen molar-refractivity contribution in [1.29, 1.82) is 0 Å². The fourth-order valence-corrected chi connectivity index (χ4v) is 3.13. The molecule has 0 spiro atoms. The quantitative estimate of drug-likeness (QED) is 0.865.